The standard InChI is InChI=1S/C12H15ClN2O/c1-2-8-15(9-5-6-9)12(16)10-4-3-7-14-11(10)13/h3-4,7,9H,2,5-6,8H2,1H3. The third-order valence-corrected chi connectivity index (χ3v) is 3.00. The van der Waals surface area contributed by atoms with Gasteiger partial charge in [0, 0.05) is 18.8 Å². The zero-order valence-corrected chi connectivity index (χ0v) is 10.1. The molecule has 0 N–H and O–H groups in total. The van der Waals surface area contributed by atoms with E-state index in [4.69, 9.17) is 11.6 Å². The van der Waals surface area contributed by atoms with Gasteiger partial charge in [-0.1, -0.05) is 18.5 Å². The highest BCUT2D eigenvalue weighted by atomic mass is 35.5. The number of hydrogen-bond acceptors (Lipinski definition) is 2. The Labute approximate surface area is 100 Å². The van der Waals surface area contributed by atoms with Crippen LogP contribution in [-0.4, -0.2) is 28.4 Å². The Morgan fingerprint density at radius 2 is 2.38 bits per heavy atom. The molecule has 1 saturated carbocycles. The van der Waals surface area contributed by atoms with E-state index in [9.17, 15) is 4.79 Å². The number of carbonyl (C=O) groups excluding carboxylic acids is 1. The Hall–Kier alpha value is -1.09. The van der Waals surface area contributed by atoms with Crippen molar-refractivity contribution in [3.63, 3.8) is 0 Å². The van der Waals surface area contributed by atoms with Crippen LogP contribution in [0.1, 0.15) is 36.5 Å². The van der Waals surface area contributed by atoms with Crippen molar-refractivity contribution >= 4 is 17.5 Å². The summed E-state index contributed by atoms with van der Waals surface area (Å²) in [4.78, 5) is 18.1. The van der Waals surface area contributed by atoms with E-state index in [2.05, 4.69) is 11.9 Å². The molecule has 4 heteroatoms. The van der Waals surface area contributed by atoms with Crippen molar-refractivity contribution in [1.82, 2.24) is 9.88 Å². The molecule has 0 aromatic carbocycles. The van der Waals surface area contributed by atoms with E-state index in [0.717, 1.165) is 25.8 Å². The van der Waals surface area contributed by atoms with E-state index in [-0.39, 0.29) is 5.91 Å². The van der Waals surface area contributed by atoms with Gasteiger partial charge in [-0.15, -0.1) is 0 Å². The molecule has 0 atom stereocenters. The number of carbonyl (C=O) groups is 1. The SMILES string of the molecule is CCCN(C(=O)c1cccnc1Cl)C1CC1. The molecule has 1 heterocycles. The van der Waals surface area contributed by atoms with Gasteiger partial charge < -0.3 is 4.90 Å². The van der Waals surface area contributed by atoms with Crippen LogP contribution in [0.25, 0.3) is 0 Å². The number of pyridine rings is 1. The molecule has 0 bridgehead atoms. The van der Waals surface area contributed by atoms with Crippen LogP contribution in [0.3, 0.4) is 0 Å². The minimum atomic E-state index is 0.0162. The average molecular weight is 239 g/mol. The average Bonchev–Trinajstić information content (AvgIpc) is 3.09. The monoisotopic (exact) mass is 238 g/mol. The van der Waals surface area contributed by atoms with Crippen molar-refractivity contribution in [3.05, 3.63) is 29.0 Å². The topological polar surface area (TPSA) is 33.2 Å². The molecule has 1 aliphatic carbocycles. The molecule has 1 aliphatic rings. The minimum Gasteiger partial charge on any atom is -0.336 e. The molecule has 2 rings (SSSR count). The van der Waals surface area contributed by atoms with Crippen LogP contribution in [0.15, 0.2) is 18.3 Å². The van der Waals surface area contributed by atoms with Gasteiger partial charge in [-0.3, -0.25) is 4.79 Å². The first-order valence-electron chi connectivity index (χ1n) is 5.65. The summed E-state index contributed by atoms with van der Waals surface area (Å²) in [5, 5.41) is 0.300. The van der Waals surface area contributed by atoms with Crippen molar-refractivity contribution < 1.29 is 4.79 Å². The molecule has 0 spiro atoms. The predicted molar refractivity (Wildman–Crippen MR) is 63.6 cm³/mol. The lowest BCUT2D eigenvalue weighted by atomic mass is 10.2. The zero-order valence-electron chi connectivity index (χ0n) is 9.32. The van der Waals surface area contributed by atoms with Crippen LogP contribution in [0.2, 0.25) is 5.15 Å². The lowest BCUT2D eigenvalue weighted by Gasteiger charge is -2.21. The van der Waals surface area contributed by atoms with Crippen LogP contribution in [0.5, 0.6) is 0 Å². The molecular weight excluding hydrogens is 224 g/mol. The molecule has 3 nitrogen and oxygen atoms in total. The van der Waals surface area contributed by atoms with Gasteiger partial charge in [-0.05, 0) is 31.4 Å². The fraction of sp³-hybridized carbons (Fsp3) is 0.500. The van der Waals surface area contributed by atoms with Crippen molar-refractivity contribution in [3.8, 4) is 0 Å². The quantitative estimate of drug-likeness (QED) is 0.756. The molecule has 1 fully saturated rings. The molecule has 0 radical (unpaired) electrons. The Balaban J connectivity index is 2.19. The molecule has 0 unspecified atom stereocenters. The summed E-state index contributed by atoms with van der Waals surface area (Å²) in [7, 11) is 0. The summed E-state index contributed by atoms with van der Waals surface area (Å²) >= 11 is 5.93. The second-order valence-electron chi connectivity index (χ2n) is 4.07. The Kier molecular flexibility index (Phi) is 3.44. The highest BCUT2D eigenvalue weighted by Crippen LogP contribution is 2.29. The normalized spacial score (nSPS) is 14.9. The van der Waals surface area contributed by atoms with Crippen LogP contribution < -0.4 is 0 Å². The number of amides is 1. The number of rotatable bonds is 4. The second-order valence-corrected chi connectivity index (χ2v) is 4.43. The van der Waals surface area contributed by atoms with Gasteiger partial charge in [0.05, 0.1) is 5.56 Å². The molecule has 86 valence electrons. The van der Waals surface area contributed by atoms with Gasteiger partial charge >= 0.3 is 0 Å². The maximum atomic E-state index is 12.2. The highest BCUT2D eigenvalue weighted by molar-refractivity contribution is 6.32. The number of aromatic nitrogens is 1. The maximum Gasteiger partial charge on any atom is 0.257 e. The number of halogens is 1. The Morgan fingerprint density at radius 1 is 1.62 bits per heavy atom. The van der Waals surface area contributed by atoms with Gasteiger partial charge in [-0.25, -0.2) is 4.98 Å². The maximum absolute atomic E-state index is 12.2. The Bertz CT molecular complexity index is 390. The van der Waals surface area contributed by atoms with Crippen LogP contribution in [0, 0.1) is 0 Å². The first kappa shape index (κ1) is 11.4. The van der Waals surface area contributed by atoms with Gasteiger partial charge in [0.25, 0.3) is 5.91 Å². The predicted octanol–water partition coefficient (Wildman–Crippen LogP) is 2.75. The summed E-state index contributed by atoms with van der Waals surface area (Å²) in [6.07, 6.45) is 4.80. The lowest BCUT2D eigenvalue weighted by Crippen LogP contribution is -2.34. The Morgan fingerprint density at radius 3 is 2.94 bits per heavy atom. The van der Waals surface area contributed by atoms with E-state index in [1.807, 2.05) is 4.90 Å². The van der Waals surface area contributed by atoms with E-state index >= 15 is 0 Å². The fourth-order valence-corrected chi connectivity index (χ4v) is 1.98. The second kappa shape index (κ2) is 4.83. The van der Waals surface area contributed by atoms with Crippen LogP contribution in [0.4, 0.5) is 0 Å². The summed E-state index contributed by atoms with van der Waals surface area (Å²) in [6.45, 7) is 2.88. The van der Waals surface area contributed by atoms with E-state index < -0.39 is 0 Å². The molecule has 0 aliphatic heterocycles. The minimum absolute atomic E-state index is 0.0162. The zero-order chi connectivity index (χ0) is 11.5. The smallest absolute Gasteiger partial charge is 0.257 e. The molecule has 0 saturated heterocycles. The summed E-state index contributed by atoms with van der Waals surface area (Å²) in [6, 6.07) is 3.91. The van der Waals surface area contributed by atoms with E-state index in [1.54, 1.807) is 18.3 Å². The van der Waals surface area contributed by atoms with Crippen molar-refractivity contribution in [2.24, 2.45) is 0 Å². The van der Waals surface area contributed by atoms with Crippen molar-refractivity contribution in [1.29, 1.82) is 0 Å². The molecule has 1 aromatic rings. The molecule has 16 heavy (non-hydrogen) atoms. The summed E-state index contributed by atoms with van der Waals surface area (Å²) in [5.41, 5.74) is 0.518. The summed E-state index contributed by atoms with van der Waals surface area (Å²) < 4.78 is 0. The third-order valence-electron chi connectivity index (χ3n) is 2.70. The molecule has 1 aromatic heterocycles. The first-order valence-corrected chi connectivity index (χ1v) is 6.03. The summed E-state index contributed by atoms with van der Waals surface area (Å²) in [5.74, 6) is 0.0162. The van der Waals surface area contributed by atoms with Crippen molar-refractivity contribution in [2.45, 2.75) is 32.2 Å². The third kappa shape index (κ3) is 2.35. The lowest BCUT2D eigenvalue weighted by molar-refractivity contribution is 0.0743. The van der Waals surface area contributed by atoms with Gasteiger partial charge in [0.1, 0.15) is 5.15 Å². The molecule has 1 amide bonds. The van der Waals surface area contributed by atoms with Gasteiger partial charge in [0.2, 0.25) is 0 Å². The van der Waals surface area contributed by atoms with Gasteiger partial charge in [0.15, 0.2) is 0 Å². The number of nitrogens with zero attached hydrogens (tertiary/aromatic N) is 2. The first-order chi connectivity index (χ1) is 7.74. The van der Waals surface area contributed by atoms with E-state index in [1.165, 1.54) is 0 Å². The highest BCUT2D eigenvalue weighted by Gasteiger charge is 2.33. The fourth-order valence-electron chi connectivity index (χ4n) is 1.78. The largest absolute Gasteiger partial charge is 0.336 e. The van der Waals surface area contributed by atoms with Crippen molar-refractivity contribution in [2.75, 3.05) is 6.54 Å². The van der Waals surface area contributed by atoms with E-state index in [0.29, 0.717) is 16.8 Å². The van der Waals surface area contributed by atoms with Crippen LogP contribution >= 0.6 is 11.6 Å². The van der Waals surface area contributed by atoms with Crippen LogP contribution in [-0.2, 0) is 0 Å². The number of hydrogen-bond donors (Lipinski definition) is 0. The van der Waals surface area contributed by atoms with Gasteiger partial charge in [-0.2, -0.15) is 0 Å². The molecular formula is C12H15ClN2O.